The molecule has 0 aromatic carbocycles. The fourth-order valence-electron chi connectivity index (χ4n) is 2.07. The van der Waals surface area contributed by atoms with Crippen molar-refractivity contribution in [2.75, 3.05) is 5.73 Å². The summed E-state index contributed by atoms with van der Waals surface area (Å²) in [6.45, 7) is 3.81. The minimum absolute atomic E-state index is 0.150. The number of rotatable bonds is 3. The summed E-state index contributed by atoms with van der Waals surface area (Å²) in [7, 11) is 3.57. The fourth-order valence-corrected chi connectivity index (χ4v) is 2.07. The Morgan fingerprint density at radius 1 is 1.32 bits per heavy atom. The van der Waals surface area contributed by atoms with Crippen molar-refractivity contribution in [1.82, 2.24) is 24.9 Å². The van der Waals surface area contributed by atoms with Gasteiger partial charge in [0, 0.05) is 32.1 Å². The molecule has 7 nitrogen and oxygen atoms in total. The lowest BCUT2D eigenvalue weighted by Crippen LogP contribution is -2.28. The molecule has 0 spiro atoms. The molecule has 2 rings (SSSR count). The second-order valence-corrected chi connectivity index (χ2v) is 4.65. The zero-order valence-corrected chi connectivity index (χ0v) is 11.5. The Kier molecular flexibility index (Phi) is 3.28. The average Bonchev–Trinajstić information content (AvgIpc) is 2.81. The smallest absolute Gasteiger partial charge is 0.274 e. The molecule has 102 valence electrons. The number of aryl methyl sites for hydroxylation is 3. The van der Waals surface area contributed by atoms with Crippen LogP contribution < -0.4 is 11.1 Å². The van der Waals surface area contributed by atoms with Crippen molar-refractivity contribution < 1.29 is 4.79 Å². The van der Waals surface area contributed by atoms with Gasteiger partial charge in [-0.15, -0.1) is 0 Å². The largest absolute Gasteiger partial charge is 0.396 e. The number of carbonyl (C=O) groups is 1. The Bertz CT molecular complexity index is 612. The second-order valence-electron chi connectivity index (χ2n) is 4.65. The molecule has 0 aliphatic heterocycles. The van der Waals surface area contributed by atoms with E-state index in [1.54, 1.807) is 17.9 Å². The van der Waals surface area contributed by atoms with E-state index in [9.17, 15) is 4.79 Å². The highest BCUT2D eigenvalue weighted by molar-refractivity contribution is 5.97. The first kappa shape index (κ1) is 13.1. The summed E-state index contributed by atoms with van der Waals surface area (Å²) in [5, 5.41) is 11.2. The van der Waals surface area contributed by atoms with Crippen molar-refractivity contribution in [2.24, 2.45) is 14.1 Å². The molecule has 2 aromatic heterocycles. The maximum Gasteiger partial charge on any atom is 0.274 e. The second kappa shape index (κ2) is 4.75. The summed E-state index contributed by atoms with van der Waals surface area (Å²) in [6, 6.07) is -0.150. The molecule has 0 aliphatic carbocycles. The van der Waals surface area contributed by atoms with Crippen LogP contribution in [0.5, 0.6) is 0 Å². The van der Waals surface area contributed by atoms with E-state index >= 15 is 0 Å². The van der Waals surface area contributed by atoms with Crippen molar-refractivity contribution in [1.29, 1.82) is 0 Å². The third-order valence-electron chi connectivity index (χ3n) is 2.94. The summed E-state index contributed by atoms with van der Waals surface area (Å²) in [4.78, 5) is 12.1. The lowest BCUT2D eigenvalue weighted by Gasteiger charge is -2.12. The number of carbonyl (C=O) groups excluding carboxylic acids is 1. The highest BCUT2D eigenvalue weighted by atomic mass is 16.2. The third-order valence-corrected chi connectivity index (χ3v) is 2.94. The number of hydrogen-bond acceptors (Lipinski definition) is 4. The van der Waals surface area contributed by atoms with Gasteiger partial charge in [-0.1, -0.05) is 0 Å². The molecule has 2 aromatic rings. The van der Waals surface area contributed by atoms with Gasteiger partial charge < -0.3 is 11.1 Å². The van der Waals surface area contributed by atoms with E-state index in [1.807, 2.05) is 27.1 Å². The van der Waals surface area contributed by atoms with Crippen molar-refractivity contribution in [3.8, 4) is 0 Å². The number of nitrogens with zero attached hydrogens (tertiary/aromatic N) is 4. The molecule has 0 fully saturated rings. The number of aromatic nitrogens is 4. The lowest BCUT2D eigenvalue weighted by atomic mass is 10.1. The SMILES string of the molecule is Cc1nn(C)cc1C(C)NC(=O)c1nn(C)cc1N. The molecular formula is C12H18N6O. The molecule has 1 amide bonds. The molecule has 0 radical (unpaired) electrons. The Morgan fingerprint density at radius 3 is 2.42 bits per heavy atom. The van der Waals surface area contributed by atoms with E-state index in [2.05, 4.69) is 15.5 Å². The molecule has 0 bridgehead atoms. The van der Waals surface area contributed by atoms with Crippen LogP contribution in [0.2, 0.25) is 0 Å². The molecule has 1 atom stereocenters. The first-order valence-electron chi connectivity index (χ1n) is 5.98. The number of hydrogen-bond donors (Lipinski definition) is 2. The maximum atomic E-state index is 12.1. The first-order valence-corrected chi connectivity index (χ1v) is 5.98. The summed E-state index contributed by atoms with van der Waals surface area (Å²) < 4.78 is 3.24. The van der Waals surface area contributed by atoms with Crippen LogP contribution in [0, 0.1) is 6.92 Å². The Hall–Kier alpha value is -2.31. The number of amides is 1. The number of nitrogen functional groups attached to an aromatic ring is 1. The van der Waals surface area contributed by atoms with Crippen LogP contribution in [0.4, 0.5) is 5.69 Å². The van der Waals surface area contributed by atoms with E-state index in [1.165, 1.54) is 4.68 Å². The molecule has 0 saturated heterocycles. The van der Waals surface area contributed by atoms with Crippen LogP contribution >= 0.6 is 0 Å². The molecule has 2 heterocycles. The Morgan fingerprint density at radius 2 is 1.95 bits per heavy atom. The van der Waals surface area contributed by atoms with Gasteiger partial charge >= 0.3 is 0 Å². The molecule has 0 aliphatic rings. The minimum atomic E-state index is -0.283. The lowest BCUT2D eigenvalue weighted by molar-refractivity contribution is 0.0935. The maximum absolute atomic E-state index is 12.1. The van der Waals surface area contributed by atoms with Crippen molar-refractivity contribution in [3.63, 3.8) is 0 Å². The molecule has 0 saturated carbocycles. The summed E-state index contributed by atoms with van der Waals surface area (Å²) in [5.41, 5.74) is 8.22. The first-order chi connectivity index (χ1) is 8.88. The van der Waals surface area contributed by atoms with E-state index in [-0.39, 0.29) is 17.6 Å². The third kappa shape index (κ3) is 2.59. The monoisotopic (exact) mass is 262 g/mol. The van der Waals surface area contributed by atoms with Crippen LogP contribution in [0.1, 0.15) is 34.7 Å². The van der Waals surface area contributed by atoms with Crippen molar-refractivity contribution in [3.05, 3.63) is 29.3 Å². The van der Waals surface area contributed by atoms with Gasteiger partial charge in [-0.3, -0.25) is 14.2 Å². The molecule has 7 heteroatoms. The van der Waals surface area contributed by atoms with Gasteiger partial charge in [0.1, 0.15) is 0 Å². The average molecular weight is 262 g/mol. The predicted molar refractivity (Wildman–Crippen MR) is 71.4 cm³/mol. The van der Waals surface area contributed by atoms with Crippen LogP contribution in [-0.2, 0) is 14.1 Å². The molecule has 3 N–H and O–H groups in total. The van der Waals surface area contributed by atoms with E-state index < -0.39 is 0 Å². The van der Waals surface area contributed by atoms with Crippen molar-refractivity contribution >= 4 is 11.6 Å². The Balaban J connectivity index is 2.15. The van der Waals surface area contributed by atoms with E-state index in [0.717, 1.165) is 11.3 Å². The number of nitrogens with two attached hydrogens (primary N) is 1. The standard InChI is InChI=1S/C12H18N6O/c1-7(9-5-17(3)15-8(9)2)14-12(19)11-10(13)6-18(4)16-11/h5-7H,13H2,1-4H3,(H,14,19). The zero-order valence-electron chi connectivity index (χ0n) is 11.5. The Labute approximate surface area is 111 Å². The predicted octanol–water partition coefficient (Wildman–Crippen LogP) is 0.535. The molecular weight excluding hydrogens is 244 g/mol. The summed E-state index contributed by atoms with van der Waals surface area (Å²) >= 11 is 0. The summed E-state index contributed by atoms with van der Waals surface area (Å²) in [5.74, 6) is -0.283. The topological polar surface area (TPSA) is 90.8 Å². The number of nitrogens with one attached hydrogen (secondary N) is 1. The van der Waals surface area contributed by atoms with Crippen LogP contribution in [-0.4, -0.2) is 25.5 Å². The molecule has 19 heavy (non-hydrogen) atoms. The van der Waals surface area contributed by atoms with E-state index in [0.29, 0.717) is 5.69 Å². The van der Waals surface area contributed by atoms with Gasteiger partial charge in [0.15, 0.2) is 5.69 Å². The van der Waals surface area contributed by atoms with Crippen LogP contribution in [0.3, 0.4) is 0 Å². The fraction of sp³-hybridized carbons (Fsp3) is 0.417. The zero-order chi connectivity index (χ0) is 14.2. The quantitative estimate of drug-likeness (QED) is 0.844. The van der Waals surface area contributed by atoms with Gasteiger partial charge in [0.2, 0.25) is 0 Å². The van der Waals surface area contributed by atoms with Crippen LogP contribution in [0.25, 0.3) is 0 Å². The van der Waals surface area contributed by atoms with E-state index in [4.69, 9.17) is 5.73 Å². The van der Waals surface area contributed by atoms with Gasteiger partial charge in [-0.25, -0.2) is 0 Å². The number of anilines is 1. The van der Waals surface area contributed by atoms with Crippen LogP contribution in [0.15, 0.2) is 12.4 Å². The minimum Gasteiger partial charge on any atom is -0.396 e. The summed E-state index contributed by atoms with van der Waals surface area (Å²) in [6.07, 6.45) is 3.50. The van der Waals surface area contributed by atoms with Crippen molar-refractivity contribution in [2.45, 2.75) is 19.9 Å². The van der Waals surface area contributed by atoms with Gasteiger partial charge in [-0.05, 0) is 13.8 Å². The highest BCUT2D eigenvalue weighted by Crippen LogP contribution is 2.17. The van der Waals surface area contributed by atoms with Gasteiger partial charge in [-0.2, -0.15) is 10.2 Å². The highest BCUT2D eigenvalue weighted by Gasteiger charge is 2.19. The van der Waals surface area contributed by atoms with Gasteiger partial charge in [0.05, 0.1) is 17.4 Å². The van der Waals surface area contributed by atoms with Gasteiger partial charge in [0.25, 0.3) is 5.91 Å². The normalized spacial score (nSPS) is 12.4. The molecule has 1 unspecified atom stereocenters.